The van der Waals surface area contributed by atoms with Crippen LogP contribution in [0.1, 0.15) is 27.7 Å². The van der Waals surface area contributed by atoms with Crippen LogP contribution in [-0.4, -0.2) is 71.6 Å². The van der Waals surface area contributed by atoms with E-state index in [4.69, 9.17) is 63.2 Å². The van der Waals surface area contributed by atoms with Crippen LogP contribution in [0, 0.1) is 0 Å². The van der Waals surface area contributed by atoms with E-state index in [0.717, 1.165) is 27.7 Å². The van der Waals surface area contributed by atoms with Gasteiger partial charge in [-0.15, -0.1) is 0 Å². The molecule has 0 aromatic rings. The number of rotatable bonds is 7. The smallest absolute Gasteiger partial charge is 0.303 e. The van der Waals surface area contributed by atoms with Crippen molar-refractivity contribution >= 4 is 58.7 Å². The molecule has 0 bridgehead atoms. The predicted octanol–water partition coefficient (Wildman–Crippen LogP) is 1.46. The SMILES string of the molecule is CC(=O)OCC1OC(OCC(Cl)(Cl)Cl)C(OC(C)=O)C(OC(C)=O)C1OC(C)=O. The molecule has 1 aliphatic heterocycles. The van der Waals surface area contributed by atoms with Gasteiger partial charge in [-0.25, -0.2) is 0 Å². The highest BCUT2D eigenvalue weighted by atomic mass is 35.6. The van der Waals surface area contributed by atoms with Gasteiger partial charge in [0.15, 0.2) is 24.6 Å². The van der Waals surface area contributed by atoms with Crippen molar-refractivity contribution in [1.82, 2.24) is 0 Å². The maximum Gasteiger partial charge on any atom is 0.303 e. The summed E-state index contributed by atoms with van der Waals surface area (Å²) in [6.45, 7) is 3.61. The minimum absolute atomic E-state index is 0.383. The molecule has 1 saturated heterocycles. The molecule has 1 fully saturated rings. The number of ether oxygens (including phenoxy) is 6. The van der Waals surface area contributed by atoms with E-state index in [2.05, 4.69) is 0 Å². The first kappa shape index (κ1) is 25.7. The molecule has 13 heteroatoms. The molecule has 0 aliphatic carbocycles. The van der Waals surface area contributed by atoms with Gasteiger partial charge >= 0.3 is 23.9 Å². The van der Waals surface area contributed by atoms with Crippen molar-refractivity contribution in [1.29, 1.82) is 0 Å². The summed E-state index contributed by atoms with van der Waals surface area (Å²) in [5.74, 6) is -2.92. The highest BCUT2D eigenvalue weighted by Gasteiger charge is 2.53. The Morgan fingerprint density at radius 1 is 0.793 bits per heavy atom. The highest BCUT2D eigenvalue weighted by Crippen LogP contribution is 2.32. The molecule has 0 N–H and O–H groups in total. The van der Waals surface area contributed by atoms with Crippen molar-refractivity contribution in [2.45, 2.75) is 62.2 Å². The molecule has 1 rings (SSSR count). The molecule has 0 aromatic heterocycles. The van der Waals surface area contributed by atoms with Gasteiger partial charge in [-0.1, -0.05) is 34.8 Å². The third-order valence-corrected chi connectivity index (χ3v) is 3.69. The Balaban J connectivity index is 3.28. The molecule has 166 valence electrons. The van der Waals surface area contributed by atoms with Gasteiger partial charge in [0.05, 0.1) is 6.61 Å². The zero-order chi connectivity index (χ0) is 22.4. The molecule has 10 nitrogen and oxygen atoms in total. The zero-order valence-corrected chi connectivity index (χ0v) is 18.3. The first-order chi connectivity index (χ1) is 13.3. The Bertz CT molecular complexity index is 621. The minimum atomic E-state index is -1.83. The number of hydrogen-bond acceptors (Lipinski definition) is 10. The van der Waals surface area contributed by atoms with E-state index in [9.17, 15) is 19.2 Å². The van der Waals surface area contributed by atoms with Crippen molar-refractivity contribution in [3.8, 4) is 0 Å². The average Bonchev–Trinajstić information content (AvgIpc) is 2.53. The fraction of sp³-hybridized carbons (Fsp3) is 0.750. The molecule has 5 unspecified atom stereocenters. The van der Waals surface area contributed by atoms with Crippen LogP contribution in [0.15, 0.2) is 0 Å². The quantitative estimate of drug-likeness (QED) is 0.301. The Kier molecular flexibility index (Phi) is 9.90. The molecule has 1 aliphatic rings. The summed E-state index contributed by atoms with van der Waals surface area (Å²) >= 11 is 17.0. The molecule has 0 radical (unpaired) electrons. The number of carbonyl (C=O) groups is 4. The molecule has 0 spiro atoms. The maximum absolute atomic E-state index is 11.6. The largest absolute Gasteiger partial charge is 0.463 e. The lowest BCUT2D eigenvalue weighted by molar-refractivity contribution is -0.307. The molecule has 5 atom stereocenters. The van der Waals surface area contributed by atoms with Gasteiger partial charge in [-0.05, 0) is 0 Å². The molecular formula is C16H21Cl3O10. The van der Waals surface area contributed by atoms with Crippen LogP contribution in [0.3, 0.4) is 0 Å². The second-order valence-electron chi connectivity index (χ2n) is 5.99. The van der Waals surface area contributed by atoms with E-state index >= 15 is 0 Å². The average molecular weight is 480 g/mol. The van der Waals surface area contributed by atoms with E-state index in [1.807, 2.05) is 0 Å². The summed E-state index contributed by atoms with van der Waals surface area (Å²) in [6, 6.07) is 0. The summed E-state index contributed by atoms with van der Waals surface area (Å²) < 4.78 is 29.7. The third kappa shape index (κ3) is 9.35. The van der Waals surface area contributed by atoms with Crippen molar-refractivity contribution in [3.05, 3.63) is 0 Å². The van der Waals surface area contributed by atoms with Crippen molar-refractivity contribution < 1.29 is 47.6 Å². The number of alkyl halides is 3. The molecule has 1 heterocycles. The van der Waals surface area contributed by atoms with Gasteiger partial charge in [0.25, 0.3) is 0 Å². The van der Waals surface area contributed by atoms with Crippen LogP contribution in [0.25, 0.3) is 0 Å². The lowest BCUT2D eigenvalue weighted by Gasteiger charge is -2.44. The Morgan fingerprint density at radius 2 is 1.28 bits per heavy atom. The van der Waals surface area contributed by atoms with Gasteiger partial charge in [0.2, 0.25) is 3.79 Å². The summed E-state index contributed by atoms with van der Waals surface area (Å²) in [5.41, 5.74) is 0. The van der Waals surface area contributed by atoms with Gasteiger partial charge in [-0.2, -0.15) is 0 Å². The second-order valence-corrected chi connectivity index (χ2v) is 8.51. The lowest BCUT2D eigenvalue weighted by atomic mass is 9.98. The maximum atomic E-state index is 11.6. The topological polar surface area (TPSA) is 124 Å². The third-order valence-electron chi connectivity index (χ3n) is 3.36. The van der Waals surface area contributed by atoms with Crippen molar-refractivity contribution in [2.75, 3.05) is 13.2 Å². The fourth-order valence-electron chi connectivity index (χ4n) is 2.50. The van der Waals surface area contributed by atoms with Gasteiger partial charge in [0, 0.05) is 27.7 Å². The standard InChI is InChI=1S/C16H21Cl3O10/c1-7(20)24-5-11-12(26-8(2)21)13(27-9(3)22)14(28-10(4)23)15(29-11)25-6-16(17,18)19/h11-15H,5-6H2,1-4H3. The van der Waals surface area contributed by atoms with Gasteiger partial charge in [0.1, 0.15) is 12.7 Å². The number of esters is 4. The van der Waals surface area contributed by atoms with E-state index in [-0.39, 0.29) is 6.61 Å². The van der Waals surface area contributed by atoms with Crippen molar-refractivity contribution in [3.63, 3.8) is 0 Å². The van der Waals surface area contributed by atoms with Crippen molar-refractivity contribution in [2.24, 2.45) is 0 Å². The van der Waals surface area contributed by atoms with Crippen LogP contribution in [0.2, 0.25) is 0 Å². The number of hydrogen-bond donors (Lipinski definition) is 0. The van der Waals surface area contributed by atoms with E-state index in [0.29, 0.717) is 0 Å². The van der Waals surface area contributed by atoms with Crippen LogP contribution >= 0.6 is 34.8 Å². The van der Waals surface area contributed by atoms with Gasteiger partial charge < -0.3 is 28.4 Å². The fourth-order valence-corrected chi connectivity index (χ4v) is 2.69. The number of carbonyl (C=O) groups excluding carboxylic acids is 4. The van der Waals surface area contributed by atoms with E-state index in [1.54, 1.807) is 0 Å². The molecule has 0 amide bonds. The Hall–Kier alpha value is -1.33. The van der Waals surface area contributed by atoms with Crippen LogP contribution in [0.4, 0.5) is 0 Å². The van der Waals surface area contributed by atoms with E-state index in [1.165, 1.54) is 0 Å². The highest BCUT2D eigenvalue weighted by molar-refractivity contribution is 6.67. The normalized spacial score (nSPS) is 26.9. The molecule has 0 aromatic carbocycles. The molecule has 29 heavy (non-hydrogen) atoms. The first-order valence-electron chi connectivity index (χ1n) is 8.29. The first-order valence-corrected chi connectivity index (χ1v) is 9.42. The van der Waals surface area contributed by atoms with Gasteiger partial charge in [-0.3, -0.25) is 19.2 Å². The zero-order valence-electron chi connectivity index (χ0n) is 16.0. The predicted molar refractivity (Wildman–Crippen MR) is 98.2 cm³/mol. The van der Waals surface area contributed by atoms with Crippen LogP contribution in [0.5, 0.6) is 0 Å². The minimum Gasteiger partial charge on any atom is -0.463 e. The van der Waals surface area contributed by atoms with Crippen LogP contribution < -0.4 is 0 Å². The Labute approximate surface area is 181 Å². The number of halogens is 3. The summed E-state index contributed by atoms with van der Waals surface area (Å²) in [5, 5.41) is 0. The molecular weight excluding hydrogens is 459 g/mol. The van der Waals surface area contributed by atoms with E-state index < -0.39 is 65.0 Å². The second kappa shape index (κ2) is 11.2. The summed E-state index contributed by atoms with van der Waals surface area (Å²) in [6.07, 6.45) is -6.55. The summed E-state index contributed by atoms with van der Waals surface area (Å²) in [7, 11) is 0. The monoisotopic (exact) mass is 478 g/mol. The Morgan fingerprint density at radius 3 is 1.72 bits per heavy atom. The summed E-state index contributed by atoms with van der Waals surface area (Å²) in [4.78, 5) is 46.0. The lowest BCUT2D eigenvalue weighted by Crippen LogP contribution is -2.63. The molecule has 0 saturated carbocycles. The van der Waals surface area contributed by atoms with Crippen LogP contribution in [-0.2, 0) is 47.6 Å².